The Kier molecular flexibility index (Phi) is 5.90. The Balaban J connectivity index is 1.61. The van der Waals surface area contributed by atoms with Gasteiger partial charge in [0.2, 0.25) is 10.0 Å². The quantitative estimate of drug-likeness (QED) is 0.617. The third-order valence-corrected chi connectivity index (χ3v) is 8.54. The topological polar surface area (TPSA) is 71.7 Å². The van der Waals surface area contributed by atoms with Gasteiger partial charge in [0, 0.05) is 25.7 Å². The Bertz CT molecular complexity index is 1250. The number of para-hydroxylation sites is 1. The Labute approximate surface area is 180 Å². The lowest BCUT2D eigenvalue weighted by Gasteiger charge is -2.19. The van der Waals surface area contributed by atoms with Crippen molar-refractivity contribution in [3.05, 3.63) is 58.4 Å². The van der Waals surface area contributed by atoms with Crippen LogP contribution in [0.2, 0.25) is 0 Å². The number of hydrogen-bond acceptors (Lipinski definition) is 4. The maximum Gasteiger partial charge on any atom is 0.279 e. The van der Waals surface area contributed by atoms with Crippen LogP contribution in [0.3, 0.4) is 0 Å². The lowest BCUT2D eigenvalue weighted by molar-refractivity contribution is 0.0998. The smallest absolute Gasteiger partial charge is 0.279 e. The molecular formula is C22H25N3O3S2. The van der Waals surface area contributed by atoms with E-state index in [1.807, 2.05) is 36.7 Å². The summed E-state index contributed by atoms with van der Waals surface area (Å²) in [5.41, 5.74) is 2.56. The van der Waals surface area contributed by atoms with E-state index in [0.717, 1.165) is 41.5 Å². The molecule has 30 heavy (non-hydrogen) atoms. The molecule has 4 rings (SSSR count). The van der Waals surface area contributed by atoms with Crippen molar-refractivity contribution in [1.29, 1.82) is 0 Å². The average molecular weight is 444 g/mol. The van der Waals surface area contributed by atoms with Gasteiger partial charge in [-0.2, -0.15) is 9.30 Å². The van der Waals surface area contributed by atoms with Crippen LogP contribution in [0.15, 0.2) is 52.4 Å². The molecular weight excluding hydrogens is 418 g/mol. The number of aryl methyl sites for hydroxylation is 2. The molecule has 0 unspecified atom stereocenters. The fraction of sp³-hybridized carbons (Fsp3) is 0.364. The van der Waals surface area contributed by atoms with Crippen LogP contribution < -0.4 is 4.80 Å². The van der Waals surface area contributed by atoms with Gasteiger partial charge in [-0.05, 0) is 55.7 Å². The molecule has 2 heterocycles. The largest absolute Gasteiger partial charge is 0.319 e. The van der Waals surface area contributed by atoms with Crippen LogP contribution in [-0.4, -0.2) is 36.3 Å². The highest BCUT2D eigenvalue weighted by Gasteiger charge is 2.25. The lowest BCUT2D eigenvalue weighted by atomic mass is 10.2. The van der Waals surface area contributed by atoms with Crippen LogP contribution in [0.4, 0.5) is 0 Å². The maximum atomic E-state index is 12.9. The van der Waals surface area contributed by atoms with Crippen LogP contribution in [0.1, 0.15) is 41.6 Å². The number of aromatic nitrogens is 1. The Morgan fingerprint density at radius 1 is 1.00 bits per heavy atom. The molecule has 1 aromatic heterocycles. The minimum absolute atomic E-state index is 0.226. The summed E-state index contributed by atoms with van der Waals surface area (Å²) in [6, 6.07) is 12.2. The number of thiazole rings is 1. The summed E-state index contributed by atoms with van der Waals surface area (Å²) < 4.78 is 30.4. The van der Waals surface area contributed by atoms with Crippen LogP contribution >= 0.6 is 11.3 Å². The first-order valence-electron chi connectivity index (χ1n) is 10.1. The summed E-state index contributed by atoms with van der Waals surface area (Å²) in [5.74, 6) is -0.381. The summed E-state index contributed by atoms with van der Waals surface area (Å²) in [4.78, 5) is 17.8. The zero-order valence-corrected chi connectivity index (χ0v) is 18.8. The molecule has 0 saturated carbocycles. The minimum Gasteiger partial charge on any atom is -0.319 e. The third kappa shape index (κ3) is 3.99. The molecule has 1 fully saturated rings. The third-order valence-electron chi connectivity index (χ3n) is 5.53. The number of amides is 1. The van der Waals surface area contributed by atoms with Crippen LogP contribution in [0.25, 0.3) is 10.2 Å². The fourth-order valence-electron chi connectivity index (χ4n) is 3.86. The van der Waals surface area contributed by atoms with E-state index < -0.39 is 10.0 Å². The lowest BCUT2D eigenvalue weighted by Crippen LogP contribution is -2.31. The van der Waals surface area contributed by atoms with Crippen molar-refractivity contribution >= 4 is 37.5 Å². The molecule has 0 spiro atoms. The first kappa shape index (κ1) is 21.0. The number of rotatable bonds is 3. The highest BCUT2D eigenvalue weighted by atomic mass is 32.2. The van der Waals surface area contributed by atoms with Crippen LogP contribution in [-0.2, 0) is 17.1 Å². The second-order valence-corrected chi connectivity index (χ2v) is 10.6. The first-order chi connectivity index (χ1) is 14.4. The van der Waals surface area contributed by atoms with Gasteiger partial charge in [0.15, 0.2) is 4.80 Å². The van der Waals surface area contributed by atoms with Crippen LogP contribution in [0.5, 0.6) is 0 Å². The molecule has 6 nitrogen and oxygen atoms in total. The van der Waals surface area contributed by atoms with Gasteiger partial charge in [-0.1, -0.05) is 36.3 Å². The molecule has 0 N–H and O–H groups in total. The molecule has 0 atom stereocenters. The molecule has 158 valence electrons. The van der Waals surface area contributed by atoms with Crippen molar-refractivity contribution in [3.8, 4) is 0 Å². The molecule has 1 amide bonds. The van der Waals surface area contributed by atoms with Crippen molar-refractivity contribution in [2.45, 2.75) is 37.5 Å². The highest BCUT2D eigenvalue weighted by Crippen LogP contribution is 2.22. The molecule has 0 radical (unpaired) electrons. The SMILES string of the molecule is Cc1cccc2sc(=NC(=O)c3ccc(S(=O)(=O)N4CCCCCC4)cc3)n(C)c12. The van der Waals surface area contributed by atoms with Gasteiger partial charge in [0.05, 0.1) is 15.1 Å². The number of carbonyl (C=O) groups excluding carboxylic acids is 1. The van der Waals surface area contributed by atoms with Crippen molar-refractivity contribution in [2.75, 3.05) is 13.1 Å². The van der Waals surface area contributed by atoms with E-state index in [2.05, 4.69) is 4.99 Å². The number of fused-ring (bicyclic) bond motifs is 1. The molecule has 8 heteroatoms. The second-order valence-electron chi connectivity index (χ2n) is 7.62. The number of hydrogen-bond donors (Lipinski definition) is 0. The van der Waals surface area contributed by atoms with E-state index in [9.17, 15) is 13.2 Å². The van der Waals surface area contributed by atoms with Crippen molar-refractivity contribution in [2.24, 2.45) is 12.0 Å². The van der Waals surface area contributed by atoms with Gasteiger partial charge in [-0.15, -0.1) is 0 Å². The molecule has 3 aromatic rings. The normalized spacial score (nSPS) is 16.7. The van der Waals surface area contributed by atoms with E-state index in [1.165, 1.54) is 23.5 Å². The second kappa shape index (κ2) is 8.45. The van der Waals surface area contributed by atoms with Crippen molar-refractivity contribution in [1.82, 2.24) is 8.87 Å². The number of benzene rings is 2. The zero-order chi connectivity index (χ0) is 21.3. The summed E-state index contributed by atoms with van der Waals surface area (Å²) in [7, 11) is -1.63. The van der Waals surface area contributed by atoms with Gasteiger partial charge < -0.3 is 4.57 Å². The number of nitrogens with zero attached hydrogens (tertiary/aromatic N) is 3. The maximum absolute atomic E-state index is 12.9. The first-order valence-corrected chi connectivity index (χ1v) is 12.4. The number of carbonyl (C=O) groups is 1. The van der Waals surface area contributed by atoms with E-state index in [0.29, 0.717) is 23.5 Å². The standard InChI is InChI=1S/C22H25N3O3S2/c1-16-8-7-9-19-20(16)24(2)22(29-19)23-21(26)17-10-12-18(13-11-17)30(27,28)25-14-5-3-4-6-15-25/h7-13H,3-6,14-15H2,1-2H3. The van der Waals surface area contributed by atoms with E-state index in [-0.39, 0.29) is 10.8 Å². The van der Waals surface area contributed by atoms with Gasteiger partial charge in [0.1, 0.15) is 0 Å². The monoisotopic (exact) mass is 443 g/mol. The minimum atomic E-state index is -3.53. The molecule has 1 aliphatic heterocycles. The van der Waals surface area contributed by atoms with Crippen molar-refractivity contribution < 1.29 is 13.2 Å². The molecule has 0 aliphatic carbocycles. The highest BCUT2D eigenvalue weighted by molar-refractivity contribution is 7.89. The van der Waals surface area contributed by atoms with Gasteiger partial charge in [-0.3, -0.25) is 4.79 Å². The Hall–Kier alpha value is -2.29. The summed E-state index contributed by atoms with van der Waals surface area (Å²) in [6.45, 7) is 3.14. The molecule has 0 bridgehead atoms. The van der Waals surface area contributed by atoms with Crippen LogP contribution in [0, 0.1) is 6.92 Å². The average Bonchev–Trinajstić information content (AvgIpc) is 2.90. The van der Waals surface area contributed by atoms with E-state index in [4.69, 9.17) is 0 Å². The summed E-state index contributed by atoms with van der Waals surface area (Å²) in [6.07, 6.45) is 3.91. The predicted molar refractivity (Wildman–Crippen MR) is 119 cm³/mol. The van der Waals surface area contributed by atoms with E-state index >= 15 is 0 Å². The molecule has 1 aliphatic rings. The number of sulfonamides is 1. The molecule has 1 saturated heterocycles. The zero-order valence-electron chi connectivity index (χ0n) is 17.2. The Morgan fingerprint density at radius 2 is 1.67 bits per heavy atom. The summed E-state index contributed by atoms with van der Waals surface area (Å²) in [5, 5.41) is 0. The predicted octanol–water partition coefficient (Wildman–Crippen LogP) is 3.85. The molecule has 2 aromatic carbocycles. The van der Waals surface area contributed by atoms with Crippen molar-refractivity contribution in [3.63, 3.8) is 0 Å². The van der Waals surface area contributed by atoms with Gasteiger partial charge in [0.25, 0.3) is 5.91 Å². The van der Waals surface area contributed by atoms with E-state index in [1.54, 1.807) is 16.4 Å². The summed E-state index contributed by atoms with van der Waals surface area (Å²) >= 11 is 1.46. The van der Waals surface area contributed by atoms with Gasteiger partial charge in [-0.25, -0.2) is 8.42 Å². The van der Waals surface area contributed by atoms with Gasteiger partial charge >= 0.3 is 0 Å². The fourth-order valence-corrected chi connectivity index (χ4v) is 6.47. The Morgan fingerprint density at radius 3 is 2.30 bits per heavy atom.